The third kappa shape index (κ3) is 2.56. The minimum Gasteiger partial charge on any atom is -0.478 e. The number of hydrogen-bond donors (Lipinski definition) is 2. The molecule has 24 heavy (non-hydrogen) atoms. The van der Waals surface area contributed by atoms with Crippen molar-refractivity contribution in [1.29, 1.82) is 0 Å². The Morgan fingerprint density at radius 2 is 2.00 bits per heavy atom. The predicted molar refractivity (Wildman–Crippen MR) is 87.5 cm³/mol. The Labute approximate surface area is 141 Å². The molecule has 0 radical (unpaired) electrons. The Hall–Kier alpha value is -2.04. The summed E-state index contributed by atoms with van der Waals surface area (Å²) in [4.78, 5) is 24.0. The topological polar surface area (TPSA) is 75.6 Å². The van der Waals surface area contributed by atoms with Crippen LogP contribution in [0.2, 0.25) is 0 Å². The van der Waals surface area contributed by atoms with Gasteiger partial charge in [0.25, 0.3) is 0 Å². The fourth-order valence-electron chi connectivity index (χ4n) is 5.06. The summed E-state index contributed by atoms with van der Waals surface area (Å²) in [5, 5.41) is 12.2. The predicted octanol–water partition coefficient (Wildman–Crippen LogP) is 2.46. The minimum atomic E-state index is -1.06. The molecule has 0 aliphatic heterocycles. The molecule has 0 saturated heterocycles. The molecule has 5 heteroatoms. The van der Waals surface area contributed by atoms with Crippen molar-refractivity contribution in [3.05, 3.63) is 30.3 Å². The first kappa shape index (κ1) is 15.5. The van der Waals surface area contributed by atoms with Gasteiger partial charge in [0, 0.05) is 5.92 Å². The maximum atomic E-state index is 12.6. The normalized spacial score (nSPS) is 30.1. The molecule has 3 aliphatic carbocycles. The van der Waals surface area contributed by atoms with Crippen LogP contribution in [0, 0.1) is 23.2 Å². The van der Waals surface area contributed by atoms with E-state index in [0.29, 0.717) is 23.0 Å². The molecule has 1 aromatic rings. The zero-order valence-corrected chi connectivity index (χ0v) is 13.6. The maximum absolute atomic E-state index is 12.6. The monoisotopic (exact) mass is 329 g/mol. The molecule has 0 unspecified atom stereocenters. The molecule has 2 N–H and O–H groups in total. The summed E-state index contributed by atoms with van der Waals surface area (Å²) in [5.41, 5.74) is 0.467. The molecular formula is C19H23NO4. The molecular weight excluding hydrogens is 306 g/mol. The van der Waals surface area contributed by atoms with Crippen LogP contribution in [0.25, 0.3) is 0 Å². The lowest BCUT2D eigenvalue weighted by Crippen LogP contribution is -2.43. The lowest BCUT2D eigenvalue weighted by Gasteiger charge is -2.23. The number of carboxylic acid groups (broad SMARTS) is 1. The van der Waals surface area contributed by atoms with Crippen LogP contribution in [0.3, 0.4) is 0 Å². The van der Waals surface area contributed by atoms with Gasteiger partial charge in [-0.3, -0.25) is 4.79 Å². The summed E-state index contributed by atoms with van der Waals surface area (Å²) in [5.74, 6) is 0.741. The smallest absolute Gasteiger partial charge is 0.346 e. The lowest BCUT2D eigenvalue weighted by atomic mass is 9.86. The molecule has 3 fully saturated rings. The average molecular weight is 329 g/mol. The molecule has 3 aliphatic rings. The second kappa shape index (κ2) is 5.80. The third-order valence-corrected chi connectivity index (χ3v) is 6.32. The summed E-state index contributed by atoms with van der Waals surface area (Å²) in [6.45, 7) is 0.00392. The Morgan fingerprint density at radius 3 is 2.62 bits per heavy atom. The van der Waals surface area contributed by atoms with Crippen molar-refractivity contribution in [3.63, 3.8) is 0 Å². The summed E-state index contributed by atoms with van der Waals surface area (Å²) >= 11 is 0. The van der Waals surface area contributed by atoms with Crippen molar-refractivity contribution in [2.75, 3.05) is 6.54 Å². The van der Waals surface area contributed by atoms with Gasteiger partial charge in [0.05, 0.1) is 6.54 Å². The molecule has 1 amide bonds. The van der Waals surface area contributed by atoms with Gasteiger partial charge in [0.2, 0.25) is 12.0 Å². The average Bonchev–Trinajstić information content (AvgIpc) is 3.25. The number of para-hydroxylation sites is 1. The number of carbonyl (C=O) groups excluding carboxylic acids is 1. The van der Waals surface area contributed by atoms with E-state index in [9.17, 15) is 14.7 Å². The van der Waals surface area contributed by atoms with Crippen LogP contribution in [0.15, 0.2) is 30.3 Å². The zero-order chi connectivity index (χ0) is 16.7. The zero-order valence-electron chi connectivity index (χ0n) is 13.6. The number of benzene rings is 1. The van der Waals surface area contributed by atoms with E-state index in [1.807, 2.05) is 6.07 Å². The molecule has 128 valence electrons. The minimum absolute atomic E-state index is 0.00392. The van der Waals surface area contributed by atoms with Gasteiger partial charge < -0.3 is 15.2 Å². The fraction of sp³-hybridized carbons (Fsp3) is 0.579. The number of ether oxygens (including phenoxy) is 1. The van der Waals surface area contributed by atoms with Crippen LogP contribution < -0.4 is 10.1 Å². The van der Waals surface area contributed by atoms with Crippen LogP contribution in [0.5, 0.6) is 5.75 Å². The second-order valence-corrected chi connectivity index (χ2v) is 7.46. The van der Waals surface area contributed by atoms with Crippen molar-refractivity contribution in [3.8, 4) is 5.75 Å². The molecule has 0 heterocycles. The molecule has 3 saturated carbocycles. The molecule has 4 rings (SSSR count). The number of carboxylic acids is 1. The van der Waals surface area contributed by atoms with Crippen molar-refractivity contribution in [1.82, 2.24) is 5.32 Å². The number of carbonyl (C=O) groups is 2. The van der Waals surface area contributed by atoms with Gasteiger partial charge in [-0.2, -0.15) is 0 Å². The van der Waals surface area contributed by atoms with Gasteiger partial charge in [-0.15, -0.1) is 0 Å². The van der Waals surface area contributed by atoms with E-state index < -0.39 is 12.1 Å². The summed E-state index contributed by atoms with van der Waals surface area (Å²) in [7, 11) is 0. The molecule has 1 aromatic carbocycles. The van der Waals surface area contributed by atoms with Crippen LogP contribution in [-0.2, 0) is 9.59 Å². The number of hydrogen-bond acceptors (Lipinski definition) is 3. The Bertz CT molecular complexity index is 640. The van der Waals surface area contributed by atoms with E-state index in [1.54, 1.807) is 24.3 Å². The highest BCUT2D eigenvalue weighted by Gasteiger charge is 2.65. The standard InChI is InChI=1S/C19H23NO4/c21-17(14-10-12-6-7-15(14)19(12)8-9-19)20-11-16(18(22)23)24-13-4-2-1-3-5-13/h1-5,12,14-16H,6-11H2,(H,20,21)(H,22,23)/t12-,14+,15+,16+/m0/s1. The molecule has 2 bridgehead atoms. The van der Waals surface area contributed by atoms with Crippen LogP contribution in [0.4, 0.5) is 0 Å². The molecule has 5 nitrogen and oxygen atoms in total. The first-order valence-electron chi connectivity index (χ1n) is 8.82. The van der Waals surface area contributed by atoms with Gasteiger partial charge in [-0.05, 0) is 61.5 Å². The van der Waals surface area contributed by atoms with Gasteiger partial charge in [-0.25, -0.2) is 4.79 Å². The first-order valence-corrected chi connectivity index (χ1v) is 8.82. The van der Waals surface area contributed by atoms with Crippen molar-refractivity contribution < 1.29 is 19.4 Å². The third-order valence-electron chi connectivity index (χ3n) is 6.32. The Balaban J connectivity index is 1.35. The molecule has 0 aromatic heterocycles. The molecule has 1 spiro atoms. The number of rotatable bonds is 6. The highest BCUT2D eigenvalue weighted by Crippen LogP contribution is 2.72. The van der Waals surface area contributed by atoms with Gasteiger partial charge in [-0.1, -0.05) is 18.2 Å². The quantitative estimate of drug-likeness (QED) is 0.840. The Kier molecular flexibility index (Phi) is 3.74. The number of amides is 1. The van der Waals surface area contributed by atoms with Crippen LogP contribution >= 0.6 is 0 Å². The maximum Gasteiger partial charge on any atom is 0.346 e. The van der Waals surface area contributed by atoms with Crippen LogP contribution in [0.1, 0.15) is 32.1 Å². The van der Waals surface area contributed by atoms with Crippen molar-refractivity contribution in [2.24, 2.45) is 23.2 Å². The van der Waals surface area contributed by atoms with Crippen molar-refractivity contribution in [2.45, 2.75) is 38.2 Å². The van der Waals surface area contributed by atoms with E-state index in [4.69, 9.17) is 4.74 Å². The van der Waals surface area contributed by atoms with Crippen molar-refractivity contribution >= 4 is 11.9 Å². The summed E-state index contributed by atoms with van der Waals surface area (Å²) in [6.07, 6.45) is 4.90. The van der Waals surface area contributed by atoms with E-state index in [2.05, 4.69) is 5.32 Å². The lowest BCUT2D eigenvalue weighted by molar-refractivity contribution is -0.145. The second-order valence-electron chi connectivity index (χ2n) is 7.46. The van der Waals surface area contributed by atoms with Gasteiger partial charge in [0.1, 0.15) is 5.75 Å². The fourth-order valence-corrected chi connectivity index (χ4v) is 5.06. The van der Waals surface area contributed by atoms with E-state index >= 15 is 0 Å². The van der Waals surface area contributed by atoms with Gasteiger partial charge in [0.15, 0.2) is 0 Å². The highest BCUT2D eigenvalue weighted by molar-refractivity contribution is 5.81. The van der Waals surface area contributed by atoms with E-state index in [1.165, 1.54) is 19.3 Å². The largest absolute Gasteiger partial charge is 0.478 e. The highest BCUT2D eigenvalue weighted by atomic mass is 16.5. The van der Waals surface area contributed by atoms with Gasteiger partial charge >= 0.3 is 5.97 Å². The molecule has 4 atom stereocenters. The van der Waals surface area contributed by atoms with Crippen LogP contribution in [-0.4, -0.2) is 29.6 Å². The summed E-state index contributed by atoms with van der Waals surface area (Å²) < 4.78 is 5.49. The summed E-state index contributed by atoms with van der Waals surface area (Å²) in [6, 6.07) is 8.84. The number of nitrogens with one attached hydrogen (secondary N) is 1. The van der Waals surface area contributed by atoms with E-state index in [0.717, 1.165) is 12.8 Å². The number of aliphatic carboxylic acids is 1. The Morgan fingerprint density at radius 1 is 1.25 bits per heavy atom. The first-order chi connectivity index (χ1) is 11.6. The van der Waals surface area contributed by atoms with E-state index in [-0.39, 0.29) is 18.4 Å². The SMILES string of the molecule is O=C(O)[C@@H](CNC(=O)[C@@H]1C[C@@H]2CC[C@H]1C21CC1)Oc1ccccc1.